The number of hydrogen-bond acceptors (Lipinski definition) is 2. The smallest absolute Gasteiger partial charge is 0.168 e. The number of carbonyl (C=O) groups is 1. The minimum atomic E-state index is -0.0276. The van der Waals surface area contributed by atoms with Crippen LogP contribution in [-0.4, -0.2) is 23.2 Å². The summed E-state index contributed by atoms with van der Waals surface area (Å²) in [5.41, 5.74) is 1.68. The molecule has 0 aliphatic rings. The van der Waals surface area contributed by atoms with Gasteiger partial charge in [0.25, 0.3) is 0 Å². The summed E-state index contributed by atoms with van der Waals surface area (Å²) in [6, 6.07) is 5.69. The standard InChI is InChI=1S/C13H14BrNO2/c1-8(6-14)13(16)11-7-15-12-4-3-9(17-2)5-10(11)12/h3-5,7-8,15H,6H2,1-2H3. The molecule has 0 fully saturated rings. The Labute approximate surface area is 108 Å². The van der Waals surface area contributed by atoms with Gasteiger partial charge in [-0.1, -0.05) is 22.9 Å². The number of rotatable bonds is 4. The second-order valence-corrected chi connectivity index (χ2v) is 4.68. The monoisotopic (exact) mass is 295 g/mol. The van der Waals surface area contributed by atoms with E-state index in [2.05, 4.69) is 20.9 Å². The van der Waals surface area contributed by atoms with Crippen LogP contribution in [0.25, 0.3) is 10.9 Å². The highest BCUT2D eigenvalue weighted by Gasteiger charge is 2.17. The number of methoxy groups -OCH3 is 1. The Morgan fingerprint density at radius 2 is 2.29 bits per heavy atom. The summed E-state index contributed by atoms with van der Waals surface area (Å²) in [5, 5.41) is 1.59. The summed E-state index contributed by atoms with van der Waals surface area (Å²) in [5.74, 6) is 0.874. The summed E-state index contributed by atoms with van der Waals surface area (Å²) in [4.78, 5) is 15.3. The molecule has 0 saturated heterocycles. The number of aromatic nitrogens is 1. The molecule has 1 unspecified atom stereocenters. The Morgan fingerprint density at radius 1 is 1.53 bits per heavy atom. The average Bonchev–Trinajstić information content (AvgIpc) is 2.79. The van der Waals surface area contributed by atoms with Gasteiger partial charge in [0.05, 0.1) is 7.11 Å². The summed E-state index contributed by atoms with van der Waals surface area (Å²) >= 11 is 3.34. The van der Waals surface area contributed by atoms with Gasteiger partial charge in [0, 0.05) is 33.9 Å². The number of Topliss-reactive ketones (excluding diaryl/α,β-unsaturated/α-hetero) is 1. The van der Waals surface area contributed by atoms with Gasteiger partial charge in [0.1, 0.15) is 5.75 Å². The number of halogens is 1. The van der Waals surface area contributed by atoms with Gasteiger partial charge in [-0.25, -0.2) is 0 Å². The molecule has 0 spiro atoms. The Bertz CT molecular complexity index is 547. The first kappa shape index (κ1) is 12.2. The zero-order valence-electron chi connectivity index (χ0n) is 9.79. The number of hydrogen-bond donors (Lipinski definition) is 1. The molecular weight excluding hydrogens is 282 g/mol. The average molecular weight is 296 g/mol. The number of fused-ring (bicyclic) bond motifs is 1. The quantitative estimate of drug-likeness (QED) is 0.694. The SMILES string of the molecule is COc1ccc2[nH]cc(C(=O)C(C)CBr)c2c1. The fraction of sp³-hybridized carbons (Fsp3) is 0.308. The van der Waals surface area contributed by atoms with Crippen LogP contribution < -0.4 is 4.74 Å². The van der Waals surface area contributed by atoms with Gasteiger partial charge in [0.15, 0.2) is 5.78 Å². The lowest BCUT2D eigenvalue weighted by Crippen LogP contribution is -2.11. The third-order valence-corrected chi connectivity index (χ3v) is 3.80. The van der Waals surface area contributed by atoms with Gasteiger partial charge >= 0.3 is 0 Å². The van der Waals surface area contributed by atoms with E-state index in [0.717, 1.165) is 22.2 Å². The minimum Gasteiger partial charge on any atom is -0.497 e. The van der Waals surface area contributed by atoms with Gasteiger partial charge in [-0.2, -0.15) is 0 Å². The second-order valence-electron chi connectivity index (χ2n) is 4.03. The topological polar surface area (TPSA) is 42.1 Å². The maximum atomic E-state index is 12.2. The lowest BCUT2D eigenvalue weighted by atomic mass is 10.0. The van der Waals surface area contributed by atoms with Crippen molar-refractivity contribution in [3.63, 3.8) is 0 Å². The van der Waals surface area contributed by atoms with Crippen molar-refractivity contribution in [2.75, 3.05) is 12.4 Å². The summed E-state index contributed by atoms with van der Waals surface area (Å²) in [6.07, 6.45) is 1.77. The fourth-order valence-electron chi connectivity index (χ4n) is 1.77. The van der Waals surface area contributed by atoms with E-state index in [4.69, 9.17) is 4.74 Å². The lowest BCUT2D eigenvalue weighted by molar-refractivity contribution is 0.0944. The Hall–Kier alpha value is -1.29. The van der Waals surface area contributed by atoms with E-state index in [0.29, 0.717) is 5.33 Å². The van der Waals surface area contributed by atoms with Crippen LogP contribution in [0.4, 0.5) is 0 Å². The maximum absolute atomic E-state index is 12.2. The first-order chi connectivity index (χ1) is 8.17. The predicted octanol–water partition coefficient (Wildman–Crippen LogP) is 3.39. The first-order valence-corrected chi connectivity index (χ1v) is 6.54. The van der Waals surface area contributed by atoms with E-state index in [1.165, 1.54) is 0 Å². The highest BCUT2D eigenvalue weighted by molar-refractivity contribution is 9.09. The van der Waals surface area contributed by atoms with Crippen molar-refractivity contribution in [1.29, 1.82) is 0 Å². The number of nitrogens with one attached hydrogen (secondary N) is 1. The van der Waals surface area contributed by atoms with Crippen LogP contribution in [-0.2, 0) is 0 Å². The Balaban J connectivity index is 2.51. The van der Waals surface area contributed by atoms with E-state index in [-0.39, 0.29) is 11.7 Å². The molecule has 0 amide bonds. The van der Waals surface area contributed by atoms with Crippen molar-refractivity contribution in [3.05, 3.63) is 30.0 Å². The summed E-state index contributed by atoms with van der Waals surface area (Å²) in [6.45, 7) is 1.91. The van der Waals surface area contributed by atoms with E-state index >= 15 is 0 Å². The molecule has 3 nitrogen and oxygen atoms in total. The van der Waals surface area contributed by atoms with Crippen LogP contribution in [0.15, 0.2) is 24.4 Å². The molecule has 1 aromatic carbocycles. The molecule has 4 heteroatoms. The van der Waals surface area contributed by atoms with Gasteiger partial charge in [-0.15, -0.1) is 0 Å². The number of ether oxygens (including phenoxy) is 1. The molecule has 1 N–H and O–H groups in total. The third kappa shape index (κ3) is 2.22. The Morgan fingerprint density at radius 3 is 2.94 bits per heavy atom. The summed E-state index contributed by atoms with van der Waals surface area (Å²) in [7, 11) is 1.62. The summed E-state index contributed by atoms with van der Waals surface area (Å²) < 4.78 is 5.18. The van der Waals surface area contributed by atoms with Crippen molar-refractivity contribution < 1.29 is 9.53 Å². The number of H-pyrrole nitrogens is 1. The molecule has 2 aromatic rings. The Kier molecular flexibility index (Phi) is 3.52. The van der Waals surface area contributed by atoms with Crippen LogP contribution in [0, 0.1) is 5.92 Å². The van der Waals surface area contributed by atoms with Crippen molar-refractivity contribution in [2.45, 2.75) is 6.92 Å². The van der Waals surface area contributed by atoms with Gasteiger partial charge < -0.3 is 9.72 Å². The third-order valence-electron chi connectivity index (χ3n) is 2.83. The largest absolute Gasteiger partial charge is 0.497 e. The molecule has 0 radical (unpaired) electrons. The predicted molar refractivity (Wildman–Crippen MR) is 72.1 cm³/mol. The molecule has 0 saturated carbocycles. The molecule has 1 atom stereocenters. The number of benzene rings is 1. The number of carbonyl (C=O) groups excluding carboxylic acids is 1. The second kappa shape index (κ2) is 4.92. The first-order valence-electron chi connectivity index (χ1n) is 5.42. The molecule has 17 heavy (non-hydrogen) atoms. The highest BCUT2D eigenvalue weighted by Crippen LogP contribution is 2.25. The zero-order valence-corrected chi connectivity index (χ0v) is 11.4. The van der Waals surface area contributed by atoms with Crippen LogP contribution in [0.1, 0.15) is 17.3 Å². The van der Waals surface area contributed by atoms with E-state index in [1.807, 2.05) is 25.1 Å². The van der Waals surface area contributed by atoms with E-state index in [1.54, 1.807) is 13.3 Å². The molecule has 0 aliphatic carbocycles. The van der Waals surface area contributed by atoms with E-state index < -0.39 is 0 Å². The molecule has 1 aromatic heterocycles. The van der Waals surface area contributed by atoms with Crippen molar-refractivity contribution in [1.82, 2.24) is 4.98 Å². The van der Waals surface area contributed by atoms with Crippen LogP contribution in [0.5, 0.6) is 5.75 Å². The van der Waals surface area contributed by atoms with Crippen LogP contribution in [0.3, 0.4) is 0 Å². The van der Waals surface area contributed by atoms with E-state index in [9.17, 15) is 4.79 Å². The maximum Gasteiger partial charge on any atom is 0.168 e. The highest BCUT2D eigenvalue weighted by atomic mass is 79.9. The molecule has 0 aliphatic heterocycles. The van der Waals surface area contributed by atoms with Crippen LogP contribution in [0.2, 0.25) is 0 Å². The van der Waals surface area contributed by atoms with Crippen molar-refractivity contribution in [2.24, 2.45) is 5.92 Å². The lowest BCUT2D eigenvalue weighted by Gasteiger charge is -2.05. The van der Waals surface area contributed by atoms with Gasteiger partial charge in [-0.3, -0.25) is 4.79 Å². The number of ketones is 1. The number of aromatic amines is 1. The molecule has 1 heterocycles. The van der Waals surface area contributed by atoms with Gasteiger partial charge in [0.2, 0.25) is 0 Å². The molecular formula is C13H14BrNO2. The molecule has 2 rings (SSSR count). The normalized spacial score (nSPS) is 12.6. The number of alkyl halides is 1. The minimum absolute atomic E-state index is 0.0276. The van der Waals surface area contributed by atoms with Crippen molar-refractivity contribution >= 4 is 32.6 Å². The fourth-order valence-corrected chi connectivity index (χ4v) is 2.06. The van der Waals surface area contributed by atoms with Crippen molar-refractivity contribution in [3.8, 4) is 5.75 Å². The zero-order chi connectivity index (χ0) is 12.4. The molecule has 0 bridgehead atoms. The molecule has 90 valence electrons. The van der Waals surface area contributed by atoms with Gasteiger partial charge in [-0.05, 0) is 18.2 Å². The van der Waals surface area contributed by atoms with Crippen LogP contribution >= 0.6 is 15.9 Å².